The van der Waals surface area contributed by atoms with Crippen molar-refractivity contribution in [3.63, 3.8) is 0 Å². The minimum atomic E-state index is -1.02. The van der Waals surface area contributed by atoms with Crippen molar-refractivity contribution in [1.29, 1.82) is 0 Å². The zero-order chi connectivity index (χ0) is 32.5. The molecule has 8 nitrogen and oxygen atoms in total. The van der Waals surface area contributed by atoms with Gasteiger partial charge in [-0.2, -0.15) is 0 Å². The van der Waals surface area contributed by atoms with E-state index in [1.54, 1.807) is 17.8 Å². The fourth-order valence-corrected chi connectivity index (χ4v) is 7.94. The Balaban J connectivity index is 1.06. The molecular formula is C38H44ClN5O3. The third-order valence-electron chi connectivity index (χ3n) is 10.7. The molecular weight excluding hydrogens is 610 g/mol. The number of halogens is 1. The van der Waals surface area contributed by atoms with Crippen LogP contribution in [0.2, 0.25) is 5.02 Å². The van der Waals surface area contributed by atoms with Gasteiger partial charge in [-0.25, -0.2) is 9.78 Å². The molecule has 3 aliphatic rings. The monoisotopic (exact) mass is 653 g/mol. The quantitative estimate of drug-likeness (QED) is 0.200. The van der Waals surface area contributed by atoms with Crippen molar-refractivity contribution in [3.8, 4) is 11.5 Å². The molecule has 7 rings (SSSR count). The standard InChI is InChI=1S/C38H44ClN5O3/c1-26(2)43-15-12-38(13-16-43)11-9-33(27-3-5-30(39)6-4-27)29(23-38)25-42-17-19-44(20-18-42)31-7-8-34(37(45)46)35(22-31)47-32-21-28-10-14-40-36(28)41-24-32/h3-8,10,14,21-22,24,26H,9,11-13,15-20,23,25H2,1-2H3,(H,40,41)(H,45,46). The molecule has 4 heterocycles. The highest BCUT2D eigenvalue weighted by Gasteiger charge is 2.39. The number of anilines is 1. The summed E-state index contributed by atoms with van der Waals surface area (Å²) in [5.74, 6) is -0.189. The lowest BCUT2D eigenvalue weighted by atomic mass is 9.65. The number of carboxylic acids is 1. The number of benzene rings is 2. The Bertz CT molecular complexity index is 1770. The molecule has 1 spiro atoms. The molecule has 1 aliphatic carbocycles. The molecule has 4 aromatic rings. The van der Waals surface area contributed by atoms with E-state index in [9.17, 15) is 9.90 Å². The summed E-state index contributed by atoms with van der Waals surface area (Å²) in [6.45, 7) is 11.6. The second-order valence-electron chi connectivity index (χ2n) is 13.8. The number of nitrogens with one attached hydrogen (secondary N) is 1. The molecule has 2 aromatic carbocycles. The molecule has 2 aliphatic heterocycles. The van der Waals surface area contributed by atoms with Crippen LogP contribution in [0.4, 0.5) is 5.69 Å². The summed E-state index contributed by atoms with van der Waals surface area (Å²) in [6.07, 6.45) is 9.57. The number of aromatic carboxylic acids is 1. The first-order valence-corrected chi connectivity index (χ1v) is 17.3. The maximum absolute atomic E-state index is 12.1. The van der Waals surface area contributed by atoms with E-state index in [0.717, 1.165) is 60.9 Å². The van der Waals surface area contributed by atoms with E-state index in [1.165, 1.54) is 49.9 Å². The van der Waals surface area contributed by atoms with Crippen LogP contribution in [0.5, 0.6) is 11.5 Å². The normalized spacial score (nSPS) is 19.2. The fraction of sp³-hybridized carbons (Fsp3) is 0.421. The molecule has 0 atom stereocenters. The molecule has 2 aromatic heterocycles. The Hall–Kier alpha value is -3.85. The van der Waals surface area contributed by atoms with Gasteiger partial charge in [-0.3, -0.25) is 4.90 Å². The predicted molar refractivity (Wildman–Crippen MR) is 189 cm³/mol. The second kappa shape index (κ2) is 13.3. The zero-order valence-electron chi connectivity index (χ0n) is 27.3. The van der Waals surface area contributed by atoms with Gasteiger partial charge in [0.25, 0.3) is 0 Å². The van der Waals surface area contributed by atoms with Gasteiger partial charge in [-0.15, -0.1) is 0 Å². The van der Waals surface area contributed by atoms with Gasteiger partial charge in [-0.1, -0.05) is 29.3 Å². The average Bonchev–Trinajstić information content (AvgIpc) is 3.54. The molecule has 2 N–H and O–H groups in total. The van der Waals surface area contributed by atoms with Crippen LogP contribution in [0.3, 0.4) is 0 Å². The summed E-state index contributed by atoms with van der Waals surface area (Å²) in [4.78, 5) is 27.1. The van der Waals surface area contributed by atoms with E-state index in [-0.39, 0.29) is 5.56 Å². The number of aromatic nitrogens is 2. The van der Waals surface area contributed by atoms with Crippen LogP contribution in [-0.2, 0) is 0 Å². The van der Waals surface area contributed by atoms with Gasteiger partial charge in [0.05, 0.1) is 6.20 Å². The van der Waals surface area contributed by atoms with Crippen LogP contribution in [-0.4, -0.2) is 82.7 Å². The molecule has 0 saturated carbocycles. The third kappa shape index (κ3) is 6.91. The molecule has 2 saturated heterocycles. The number of pyridine rings is 1. The van der Waals surface area contributed by atoms with Crippen molar-refractivity contribution in [2.45, 2.75) is 52.0 Å². The van der Waals surface area contributed by atoms with E-state index in [0.29, 0.717) is 23.0 Å². The number of rotatable bonds is 8. The van der Waals surface area contributed by atoms with Gasteiger partial charge in [-0.05, 0) is 112 Å². The molecule has 0 unspecified atom stereocenters. The number of H-pyrrole nitrogens is 1. The van der Waals surface area contributed by atoms with Gasteiger partial charge in [0.1, 0.15) is 22.7 Å². The zero-order valence-corrected chi connectivity index (χ0v) is 28.1. The van der Waals surface area contributed by atoms with Gasteiger partial charge in [0.2, 0.25) is 0 Å². The van der Waals surface area contributed by atoms with Crippen molar-refractivity contribution < 1.29 is 14.6 Å². The van der Waals surface area contributed by atoms with Crippen molar-refractivity contribution >= 4 is 39.9 Å². The summed E-state index contributed by atoms with van der Waals surface area (Å²) in [7, 11) is 0. The second-order valence-corrected chi connectivity index (χ2v) is 14.3. The Labute approximate surface area is 282 Å². The number of carbonyl (C=O) groups is 1. The molecule has 47 heavy (non-hydrogen) atoms. The highest BCUT2D eigenvalue weighted by atomic mass is 35.5. The van der Waals surface area contributed by atoms with Crippen LogP contribution in [0, 0.1) is 5.41 Å². The molecule has 2 fully saturated rings. The van der Waals surface area contributed by atoms with Crippen molar-refractivity contribution in [1.82, 2.24) is 19.8 Å². The van der Waals surface area contributed by atoms with E-state index in [1.807, 2.05) is 42.6 Å². The summed E-state index contributed by atoms with van der Waals surface area (Å²) in [5, 5.41) is 11.6. The molecule has 0 amide bonds. The van der Waals surface area contributed by atoms with Crippen LogP contribution in [0.15, 0.2) is 72.6 Å². The molecule has 0 bridgehead atoms. The lowest BCUT2D eigenvalue weighted by molar-refractivity contribution is 0.0694. The molecule has 246 valence electrons. The smallest absolute Gasteiger partial charge is 0.339 e. The number of hydrogen-bond acceptors (Lipinski definition) is 6. The summed E-state index contributed by atoms with van der Waals surface area (Å²) < 4.78 is 6.13. The van der Waals surface area contributed by atoms with Crippen LogP contribution < -0.4 is 9.64 Å². The maximum atomic E-state index is 12.1. The predicted octanol–water partition coefficient (Wildman–Crippen LogP) is 7.96. The average molecular weight is 654 g/mol. The fourth-order valence-electron chi connectivity index (χ4n) is 7.81. The Morgan fingerprint density at radius 3 is 2.49 bits per heavy atom. The van der Waals surface area contributed by atoms with Crippen molar-refractivity contribution in [2.75, 3.05) is 50.7 Å². The highest BCUT2D eigenvalue weighted by molar-refractivity contribution is 6.30. The van der Waals surface area contributed by atoms with Crippen molar-refractivity contribution in [3.05, 3.63) is 88.7 Å². The van der Waals surface area contributed by atoms with E-state index in [4.69, 9.17) is 16.3 Å². The lowest BCUT2D eigenvalue weighted by Crippen LogP contribution is -2.48. The van der Waals surface area contributed by atoms with Gasteiger partial charge in [0.15, 0.2) is 0 Å². The first kappa shape index (κ1) is 31.7. The Morgan fingerprint density at radius 1 is 1.00 bits per heavy atom. The Kier molecular flexibility index (Phi) is 9.01. The third-order valence-corrected chi connectivity index (χ3v) is 10.9. The van der Waals surface area contributed by atoms with E-state index < -0.39 is 5.97 Å². The number of piperidine rings is 1. The molecule has 0 radical (unpaired) electrons. The number of carboxylic acid groups (broad SMARTS) is 1. The highest BCUT2D eigenvalue weighted by Crippen LogP contribution is 2.49. The van der Waals surface area contributed by atoms with E-state index >= 15 is 0 Å². The number of piperazine rings is 1. The minimum Gasteiger partial charge on any atom is -0.478 e. The Morgan fingerprint density at radius 2 is 1.77 bits per heavy atom. The number of likely N-dealkylation sites (tertiary alicyclic amines) is 1. The van der Waals surface area contributed by atoms with Crippen LogP contribution >= 0.6 is 11.6 Å². The van der Waals surface area contributed by atoms with Crippen molar-refractivity contribution in [2.24, 2.45) is 5.41 Å². The summed E-state index contributed by atoms with van der Waals surface area (Å²) in [6, 6.07) is 18.2. The maximum Gasteiger partial charge on any atom is 0.339 e. The lowest BCUT2D eigenvalue weighted by Gasteiger charge is -2.47. The van der Waals surface area contributed by atoms with Gasteiger partial charge in [0, 0.05) is 67.1 Å². The number of ether oxygens (including phenoxy) is 1. The number of hydrogen-bond donors (Lipinski definition) is 2. The van der Waals surface area contributed by atoms with E-state index in [2.05, 4.69) is 50.6 Å². The van der Waals surface area contributed by atoms with Gasteiger partial charge >= 0.3 is 5.97 Å². The van der Waals surface area contributed by atoms with Crippen LogP contribution in [0.1, 0.15) is 61.9 Å². The number of nitrogens with zero attached hydrogens (tertiary/aromatic N) is 4. The molecule has 9 heteroatoms. The number of fused-ring (bicyclic) bond motifs is 1. The first-order valence-electron chi connectivity index (χ1n) is 16.9. The first-order chi connectivity index (χ1) is 22.7. The summed E-state index contributed by atoms with van der Waals surface area (Å²) >= 11 is 6.28. The van der Waals surface area contributed by atoms with Crippen LogP contribution in [0.25, 0.3) is 16.6 Å². The number of allylic oxidation sites excluding steroid dienone is 1. The van der Waals surface area contributed by atoms with Gasteiger partial charge < -0.3 is 24.6 Å². The minimum absolute atomic E-state index is 0.133. The number of aromatic amines is 1. The summed E-state index contributed by atoms with van der Waals surface area (Å²) in [5.41, 5.74) is 6.69. The topological polar surface area (TPSA) is 84.9 Å². The largest absolute Gasteiger partial charge is 0.478 e. The SMILES string of the molecule is CC(C)N1CCC2(CCC(c3ccc(Cl)cc3)=C(CN3CCN(c4ccc(C(=O)O)c(Oc5cnc6[nH]ccc6c5)c4)CC3)C2)CC1.